The summed E-state index contributed by atoms with van der Waals surface area (Å²) in [6.45, 7) is 7.25. The van der Waals surface area contributed by atoms with Crippen LogP contribution in [0.15, 0.2) is 69.9 Å². The molecule has 2 heterocycles. The van der Waals surface area contributed by atoms with E-state index in [1.165, 1.54) is 0 Å². The summed E-state index contributed by atoms with van der Waals surface area (Å²) in [6.07, 6.45) is 3.15. The Bertz CT molecular complexity index is 1560. The van der Waals surface area contributed by atoms with E-state index in [1.807, 2.05) is 62.4 Å². The zero-order valence-electron chi connectivity index (χ0n) is 22.5. The highest BCUT2D eigenvalue weighted by Crippen LogP contribution is 2.42. The first-order valence-electron chi connectivity index (χ1n) is 13.4. The third-order valence-corrected chi connectivity index (χ3v) is 7.44. The lowest BCUT2D eigenvalue weighted by Gasteiger charge is -2.26. The first-order chi connectivity index (χ1) is 18.9. The number of aryl methyl sites for hydroxylation is 1. The van der Waals surface area contributed by atoms with Crippen LogP contribution in [0.5, 0.6) is 11.5 Å². The molecule has 7 heteroatoms. The lowest BCUT2D eigenvalue weighted by molar-refractivity contribution is 0.0714. The average molecular weight is 546 g/mol. The number of benzene rings is 3. The molecule has 4 aromatic rings. The van der Waals surface area contributed by atoms with Crippen molar-refractivity contribution in [3.8, 4) is 11.5 Å². The molecule has 0 radical (unpaired) electrons. The topological polar surface area (TPSA) is 69.0 Å². The molecule has 39 heavy (non-hydrogen) atoms. The predicted molar refractivity (Wildman–Crippen MR) is 153 cm³/mol. The predicted octanol–water partition coefficient (Wildman–Crippen LogP) is 7.47. The molecule has 1 amide bonds. The maximum atomic E-state index is 13.9. The van der Waals surface area contributed by atoms with E-state index in [9.17, 15) is 9.59 Å². The van der Waals surface area contributed by atoms with Gasteiger partial charge in [-0.15, -0.1) is 0 Å². The zero-order chi connectivity index (χ0) is 27.5. The van der Waals surface area contributed by atoms with Crippen molar-refractivity contribution in [1.29, 1.82) is 0 Å². The molecule has 0 spiro atoms. The van der Waals surface area contributed by atoms with Crippen LogP contribution in [0.2, 0.25) is 5.02 Å². The van der Waals surface area contributed by atoms with E-state index in [1.54, 1.807) is 17.0 Å². The molecule has 6 nitrogen and oxygen atoms in total. The van der Waals surface area contributed by atoms with Crippen molar-refractivity contribution in [2.45, 2.75) is 52.6 Å². The third-order valence-electron chi connectivity index (χ3n) is 7.03. The van der Waals surface area contributed by atoms with Gasteiger partial charge in [-0.3, -0.25) is 9.59 Å². The number of carbonyl (C=O) groups is 1. The van der Waals surface area contributed by atoms with E-state index in [4.69, 9.17) is 25.5 Å². The van der Waals surface area contributed by atoms with Gasteiger partial charge in [0.1, 0.15) is 5.58 Å². The summed E-state index contributed by atoms with van der Waals surface area (Å²) < 4.78 is 18.1. The van der Waals surface area contributed by atoms with E-state index >= 15 is 0 Å². The van der Waals surface area contributed by atoms with E-state index in [0.29, 0.717) is 52.8 Å². The van der Waals surface area contributed by atoms with Gasteiger partial charge in [-0.1, -0.05) is 67.8 Å². The molecule has 0 saturated heterocycles. The number of halogens is 1. The number of hydrogen-bond acceptors (Lipinski definition) is 5. The number of nitrogens with zero attached hydrogens (tertiary/aromatic N) is 1. The van der Waals surface area contributed by atoms with Crippen molar-refractivity contribution in [2.24, 2.45) is 0 Å². The standard InChI is InChI=1S/C32H32ClNO5/c1-4-6-10-15-38-25-14-13-22(17-27(25)37-5-2)29-28-30(35)23-18-24(33)20(3)16-26(23)39-31(28)32(36)34(29)19-21-11-8-7-9-12-21/h7-9,11-14,16-18,29H,4-6,10,15,19H2,1-3H3. The van der Waals surface area contributed by atoms with E-state index < -0.39 is 6.04 Å². The normalized spacial score (nSPS) is 14.6. The van der Waals surface area contributed by atoms with Crippen LogP contribution < -0.4 is 14.9 Å². The Hall–Kier alpha value is -3.77. The summed E-state index contributed by atoms with van der Waals surface area (Å²) in [5, 5.41) is 0.824. The van der Waals surface area contributed by atoms with Crippen LogP contribution >= 0.6 is 11.6 Å². The smallest absolute Gasteiger partial charge is 0.291 e. The highest BCUT2D eigenvalue weighted by Gasteiger charge is 2.43. The quantitative estimate of drug-likeness (QED) is 0.193. The van der Waals surface area contributed by atoms with Crippen molar-refractivity contribution >= 4 is 28.5 Å². The Kier molecular flexibility index (Phi) is 7.94. The number of unbranched alkanes of at least 4 members (excludes halogenated alkanes) is 2. The molecule has 1 aliphatic rings. The molecule has 0 saturated carbocycles. The van der Waals surface area contributed by atoms with Crippen LogP contribution in [0.3, 0.4) is 0 Å². The maximum absolute atomic E-state index is 13.9. The van der Waals surface area contributed by atoms with Gasteiger partial charge < -0.3 is 18.8 Å². The third kappa shape index (κ3) is 5.26. The summed E-state index contributed by atoms with van der Waals surface area (Å²) >= 11 is 6.37. The van der Waals surface area contributed by atoms with Crippen molar-refractivity contribution in [2.75, 3.05) is 13.2 Å². The van der Waals surface area contributed by atoms with Crippen molar-refractivity contribution in [3.05, 3.63) is 104 Å². The summed E-state index contributed by atoms with van der Waals surface area (Å²) in [6, 6.07) is 18.0. The number of fused-ring (bicyclic) bond motifs is 2. The molecule has 1 aromatic heterocycles. The van der Waals surface area contributed by atoms with E-state index in [2.05, 4.69) is 6.92 Å². The second-order valence-corrected chi connectivity index (χ2v) is 10.2. The van der Waals surface area contributed by atoms with Gasteiger partial charge >= 0.3 is 0 Å². The van der Waals surface area contributed by atoms with Crippen molar-refractivity contribution in [1.82, 2.24) is 4.90 Å². The summed E-state index contributed by atoms with van der Waals surface area (Å²) in [4.78, 5) is 29.4. The largest absolute Gasteiger partial charge is 0.490 e. The number of hydrogen-bond donors (Lipinski definition) is 0. The van der Waals surface area contributed by atoms with Crippen LogP contribution in [-0.2, 0) is 6.54 Å². The molecule has 0 bridgehead atoms. The molecule has 1 atom stereocenters. The first kappa shape index (κ1) is 26.8. The fourth-order valence-corrected chi connectivity index (χ4v) is 5.21. The Balaban J connectivity index is 1.64. The first-order valence-corrected chi connectivity index (χ1v) is 13.8. The summed E-state index contributed by atoms with van der Waals surface area (Å²) in [5.41, 5.74) is 2.85. The minimum atomic E-state index is -0.665. The van der Waals surface area contributed by atoms with Gasteiger partial charge in [-0.2, -0.15) is 0 Å². The lowest BCUT2D eigenvalue weighted by Crippen LogP contribution is -2.29. The van der Waals surface area contributed by atoms with E-state index in [-0.39, 0.29) is 17.1 Å². The fraction of sp³-hybridized carbons (Fsp3) is 0.312. The molecule has 5 rings (SSSR count). The molecular weight excluding hydrogens is 514 g/mol. The van der Waals surface area contributed by atoms with E-state index in [0.717, 1.165) is 36.0 Å². The second-order valence-electron chi connectivity index (χ2n) is 9.79. The Morgan fingerprint density at radius 2 is 1.74 bits per heavy atom. The lowest BCUT2D eigenvalue weighted by atomic mass is 9.97. The highest BCUT2D eigenvalue weighted by molar-refractivity contribution is 6.32. The summed E-state index contributed by atoms with van der Waals surface area (Å²) in [7, 11) is 0. The van der Waals surface area contributed by atoms with Crippen molar-refractivity contribution < 1.29 is 18.7 Å². The van der Waals surface area contributed by atoms with Crippen molar-refractivity contribution in [3.63, 3.8) is 0 Å². The average Bonchev–Trinajstić information content (AvgIpc) is 3.20. The molecule has 1 aliphatic heterocycles. The van der Waals surface area contributed by atoms with Gasteiger partial charge in [0.25, 0.3) is 5.91 Å². The van der Waals surface area contributed by atoms with Crippen LogP contribution in [0.4, 0.5) is 0 Å². The molecular formula is C32H32ClNO5. The van der Waals surface area contributed by atoms with Gasteiger partial charge in [-0.25, -0.2) is 0 Å². The number of carbonyl (C=O) groups excluding carboxylic acids is 1. The van der Waals surface area contributed by atoms with Gasteiger partial charge in [0, 0.05) is 11.6 Å². The molecule has 1 unspecified atom stereocenters. The van der Waals surface area contributed by atoms with Gasteiger partial charge in [-0.05, 0) is 61.2 Å². The number of ether oxygens (including phenoxy) is 2. The van der Waals surface area contributed by atoms with Crippen LogP contribution in [0.1, 0.15) is 72.0 Å². The molecule has 202 valence electrons. The van der Waals surface area contributed by atoms with Gasteiger partial charge in [0.05, 0.1) is 30.2 Å². The molecule has 0 N–H and O–H groups in total. The van der Waals surface area contributed by atoms with Gasteiger partial charge in [0.2, 0.25) is 5.76 Å². The molecule has 0 fully saturated rings. The zero-order valence-corrected chi connectivity index (χ0v) is 23.2. The highest BCUT2D eigenvalue weighted by atomic mass is 35.5. The number of rotatable bonds is 10. The fourth-order valence-electron chi connectivity index (χ4n) is 5.05. The maximum Gasteiger partial charge on any atom is 0.291 e. The Morgan fingerprint density at radius 3 is 2.49 bits per heavy atom. The second kappa shape index (κ2) is 11.5. The summed E-state index contributed by atoms with van der Waals surface area (Å²) in [5.74, 6) is 0.955. The SMILES string of the molecule is CCCCCOc1ccc(C2c3c(oc4cc(C)c(Cl)cc4c3=O)C(=O)N2Cc2ccccc2)cc1OCC. The minimum absolute atomic E-state index is 0.0630. The van der Waals surface area contributed by atoms with Gasteiger partial charge in [0.15, 0.2) is 16.9 Å². The Morgan fingerprint density at radius 1 is 0.949 bits per heavy atom. The monoisotopic (exact) mass is 545 g/mol. The van der Waals surface area contributed by atoms with Crippen LogP contribution in [0, 0.1) is 6.92 Å². The number of amides is 1. The van der Waals surface area contributed by atoms with Crippen LogP contribution in [0.25, 0.3) is 11.0 Å². The molecule has 3 aromatic carbocycles. The minimum Gasteiger partial charge on any atom is -0.490 e. The Labute approximate surface area is 233 Å². The van der Waals surface area contributed by atoms with Crippen LogP contribution in [-0.4, -0.2) is 24.0 Å². The molecule has 0 aliphatic carbocycles.